The Labute approximate surface area is 127 Å². The third kappa shape index (κ3) is 2.84. The lowest BCUT2D eigenvalue weighted by atomic mass is 10.2. The summed E-state index contributed by atoms with van der Waals surface area (Å²) in [6, 6.07) is 3.34. The van der Waals surface area contributed by atoms with Crippen molar-refractivity contribution in [1.29, 1.82) is 0 Å². The molecular formula is C11H9Cl2N3O3S. The van der Waals surface area contributed by atoms with E-state index in [9.17, 15) is 9.59 Å². The van der Waals surface area contributed by atoms with Crippen molar-refractivity contribution < 1.29 is 9.90 Å². The molecule has 0 aliphatic carbocycles. The van der Waals surface area contributed by atoms with Crippen LogP contribution in [0.1, 0.15) is 5.56 Å². The van der Waals surface area contributed by atoms with E-state index < -0.39 is 11.7 Å². The number of carbonyl (C=O) groups is 1. The van der Waals surface area contributed by atoms with Crippen LogP contribution in [0.3, 0.4) is 0 Å². The van der Waals surface area contributed by atoms with Gasteiger partial charge in [-0.25, -0.2) is 14.5 Å². The van der Waals surface area contributed by atoms with Crippen LogP contribution in [0, 0.1) is 6.92 Å². The summed E-state index contributed by atoms with van der Waals surface area (Å²) >= 11 is 13.2. The second kappa shape index (κ2) is 5.90. The molecule has 9 heteroatoms. The molecule has 0 atom stereocenters. The minimum absolute atomic E-state index is 0.187. The van der Waals surface area contributed by atoms with Crippen LogP contribution in [0.4, 0.5) is 0 Å². The van der Waals surface area contributed by atoms with Gasteiger partial charge in [0, 0.05) is 0 Å². The van der Waals surface area contributed by atoms with Crippen molar-refractivity contribution in [2.24, 2.45) is 0 Å². The van der Waals surface area contributed by atoms with Crippen molar-refractivity contribution in [2.45, 2.75) is 12.1 Å². The number of rotatable bonds is 4. The number of carboxylic acid groups (broad SMARTS) is 1. The molecule has 1 aromatic heterocycles. The highest BCUT2D eigenvalue weighted by Gasteiger charge is 2.18. The van der Waals surface area contributed by atoms with Crippen molar-refractivity contribution in [3.8, 4) is 5.69 Å². The van der Waals surface area contributed by atoms with Crippen molar-refractivity contribution in [3.05, 3.63) is 38.2 Å². The molecule has 20 heavy (non-hydrogen) atoms. The average Bonchev–Trinajstić information content (AvgIpc) is 2.74. The quantitative estimate of drug-likeness (QED) is 0.838. The standard InChI is InChI=1S/C11H9Cl2N3O3S/c1-5-2-3-6(12)9(8(5)13)16-10(19)14-15-11(16)20-4-7(17)18/h2-3H,4H2,1H3,(H,14,19)(H,17,18). The average molecular weight is 334 g/mol. The van der Waals surface area contributed by atoms with E-state index in [1.807, 2.05) is 0 Å². The Kier molecular flexibility index (Phi) is 4.42. The molecule has 2 aromatic rings. The van der Waals surface area contributed by atoms with Gasteiger partial charge in [0.2, 0.25) is 0 Å². The van der Waals surface area contributed by atoms with Crippen molar-refractivity contribution in [3.63, 3.8) is 0 Å². The maximum Gasteiger partial charge on any atom is 0.348 e. The van der Waals surface area contributed by atoms with Gasteiger partial charge in [-0.3, -0.25) is 4.79 Å². The molecule has 0 aliphatic rings. The molecule has 2 N–H and O–H groups in total. The third-order valence-electron chi connectivity index (χ3n) is 2.45. The number of thioether (sulfide) groups is 1. The number of H-pyrrole nitrogens is 1. The van der Waals surface area contributed by atoms with Gasteiger partial charge < -0.3 is 5.11 Å². The van der Waals surface area contributed by atoms with E-state index >= 15 is 0 Å². The molecule has 0 saturated carbocycles. The zero-order chi connectivity index (χ0) is 14.9. The Balaban J connectivity index is 2.58. The minimum atomic E-state index is -1.02. The molecule has 1 aromatic carbocycles. The van der Waals surface area contributed by atoms with Gasteiger partial charge in [0.15, 0.2) is 5.16 Å². The first-order valence-electron chi connectivity index (χ1n) is 5.38. The van der Waals surface area contributed by atoms with Gasteiger partial charge in [-0.1, -0.05) is 41.0 Å². The third-order valence-corrected chi connectivity index (χ3v) is 4.16. The summed E-state index contributed by atoms with van der Waals surface area (Å²) in [6.07, 6.45) is 0. The van der Waals surface area contributed by atoms with Crippen molar-refractivity contribution in [1.82, 2.24) is 14.8 Å². The molecule has 1 heterocycles. The van der Waals surface area contributed by atoms with E-state index in [1.54, 1.807) is 19.1 Å². The molecular weight excluding hydrogens is 325 g/mol. The predicted octanol–water partition coefficient (Wildman–Crippen LogP) is 2.35. The Morgan fingerprint density at radius 1 is 1.50 bits per heavy atom. The van der Waals surface area contributed by atoms with Crippen LogP contribution < -0.4 is 5.69 Å². The summed E-state index contributed by atoms with van der Waals surface area (Å²) < 4.78 is 1.17. The maximum absolute atomic E-state index is 11.9. The second-order valence-corrected chi connectivity index (χ2v) is 5.58. The minimum Gasteiger partial charge on any atom is -0.481 e. The monoisotopic (exact) mass is 333 g/mol. The fourth-order valence-electron chi connectivity index (χ4n) is 1.55. The molecule has 0 spiro atoms. The summed E-state index contributed by atoms with van der Waals surface area (Å²) in [6.45, 7) is 1.78. The van der Waals surface area contributed by atoms with E-state index in [-0.39, 0.29) is 15.9 Å². The number of aromatic nitrogens is 3. The van der Waals surface area contributed by atoms with Gasteiger partial charge in [0.25, 0.3) is 0 Å². The van der Waals surface area contributed by atoms with Gasteiger partial charge in [0.1, 0.15) is 0 Å². The summed E-state index contributed by atoms with van der Waals surface area (Å²) in [4.78, 5) is 22.5. The topological polar surface area (TPSA) is 88.0 Å². The molecule has 0 bridgehead atoms. The molecule has 0 aliphatic heterocycles. The molecule has 106 valence electrons. The molecule has 0 saturated heterocycles. The largest absolute Gasteiger partial charge is 0.481 e. The SMILES string of the molecule is Cc1ccc(Cl)c(-n2c(SCC(=O)O)n[nH]c2=O)c1Cl. The van der Waals surface area contributed by atoms with Gasteiger partial charge in [0.05, 0.1) is 21.5 Å². The number of halogens is 2. The number of nitrogens with zero attached hydrogens (tertiary/aromatic N) is 2. The van der Waals surface area contributed by atoms with E-state index in [4.69, 9.17) is 28.3 Å². The fraction of sp³-hybridized carbons (Fsp3) is 0.182. The zero-order valence-corrected chi connectivity index (χ0v) is 12.5. The number of nitrogens with one attached hydrogen (secondary N) is 1. The number of aryl methyl sites for hydroxylation is 1. The lowest BCUT2D eigenvalue weighted by Crippen LogP contribution is -2.17. The molecule has 0 amide bonds. The van der Waals surface area contributed by atoms with Crippen LogP contribution in [-0.2, 0) is 4.79 Å². The first-order chi connectivity index (χ1) is 9.41. The molecule has 0 radical (unpaired) electrons. The summed E-state index contributed by atoms with van der Waals surface area (Å²) in [5.41, 5.74) is 0.501. The van der Waals surface area contributed by atoms with Crippen molar-refractivity contribution in [2.75, 3.05) is 5.75 Å². The number of hydrogen-bond acceptors (Lipinski definition) is 4. The van der Waals surface area contributed by atoms with Crippen LogP contribution >= 0.6 is 35.0 Å². The van der Waals surface area contributed by atoms with Crippen LogP contribution in [0.15, 0.2) is 22.1 Å². The van der Waals surface area contributed by atoms with E-state index in [0.29, 0.717) is 10.7 Å². The highest BCUT2D eigenvalue weighted by molar-refractivity contribution is 7.99. The Hall–Kier alpha value is -1.44. The number of aliphatic carboxylic acids is 1. The highest BCUT2D eigenvalue weighted by Crippen LogP contribution is 2.32. The molecule has 0 fully saturated rings. The highest BCUT2D eigenvalue weighted by atomic mass is 35.5. The maximum atomic E-state index is 11.9. The number of aromatic amines is 1. The molecule has 2 rings (SSSR count). The lowest BCUT2D eigenvalue weighted by molar-refractivity contribution is -0.133. The van der Waals surface area contributed by atoms with E-state index in [0.717, 1.165) is 17.3 Å². The summed E-state index contributed by atoms with van der Waals surface area (Å²) in [5, 5.41) is 15.5. The van der Waals surface area contributed by atoms with E-state index in [1.165, 1.54) is 4.57 Å². The Morgan fingerprint density at radius 3 is 2.85 bits per heavy atom. The molecule has 6 nitrogen and oxygen atoms in total. The normalized spacial score (nSPS) is 10.8. The van der Waals surface area contributed by atoms with Gasteiger partial charge in [-0.05, 0) is 18.6 Å². The van der Waals surface area contributed by atoms with Gasteiger partial charge in [-0.15, -0.1) is 5.10 Å². The van der Waals surface area contributed by atoms with Crippen molar-refractivity contribution >= 4 is 40.9 Å². The van der Waals surface area contributed by atoms with Crippen LogP contribution in [-0.4, -0.2) is 31.6 Å². The fourth-order valence-corrected chi connectivity index (χ4v) is 2.76. The zero-order valence-electron chi connectivity index (χ0n) is 10.2. The summed E-state index contributed by atoms with van der Waals surface area (Å²) in [7, 11) is 0. The van der Waals surface area contributed by atoms with Crippen LogP contribution in [0.5, 0.6) is 0 Å². The van der Waals surface area contributed by atoms with Gasteiger partial charge in [-0.2, -0.15) is 0 Å². The number of carboxylic acids is 1. The van der Waals surface area contributed by atoms with Gasteiger partial charge >= 0.3 is 11.7 Å². The smallest absolute Gasteiger partial charge is 0.348 e. The number of benzene rings is 1. The molecule has 0 unspecified atom stereocenters. The second-order valence-electron chi connectivity index (χ2n) is 3.86. The van der Waals surface area contributed by atoms with Crippen LogP contribution in [0.2, 0.25) is 10.0 Å². The Bertz CT molecular complexity index is 726. The predicted molar refractivity (Wildman–Crippen MR) is 77.3 cm³/mol. The Morgan fingerprint density at radius 2 is 2.20 bits per heavy atom. The first-order valence-corrected chi connectivity index (χ1v) is 7.13. The lowest BCUT2D eigenvalue weighted by Gasteiger charge is -2.10. The van der Waals surface area contributed by atoms with E-state index in [2.05, 4.69) is 10.2 Å². The number of hydrogen-bond donors (Lipinski definition) is 2. The van der Waals surface area contributed by atoms with Crippen LogP contribution in [0.25, 0.3) is 5.69 Å². The first kappa shape index (κ1) is 15.0. The summed E-state index contributed by atoms with van der Waals surface area (Å²) in [5.74, 6) is -1.25.